The first-order chi connectivity index (χ1) is 9.69. The average molecular weight is 335 g/mol. The van der Waals surface area contributed by atoms with Crippen LogP contribution in [0.4, 0.5) is 0 Å². The van der Waals surface area contributed by atoms with Gasteiger partial charge in [0, 0.05) is 10.9 Å². The second-order valence-electron chi connectivity index (χ2n) is 4.76. The topological polar surface area (TPSA) is 29.5 Å². The molecule has 0 radical (unpaired) electrons. The fourth-order valence-electron chi connectivity index (χ4n) is 1.97. The van der Waals surface area contributed by atoms with Crippen LogP contribution in [0.1, 0.15) is 30.6 Å². The Kier molecular flexibility index (Phi) is 5.62. The molecule has 0 heterocycles. The van der Waals surface area contributed by atoms with Crippen LogP contribution in [0.3, 0.4) is 0 Å². The van der Waals surface area contributed by atoms with Gasteiger partial charge in [-0.15, -0.1) is 0 Å². The van der Waals surface area contributed by atoms with Gasteiger partial charge < -0.3 is 9.84 Å². The Bertz CT molecular complexity index is 520. The minimum Gasteiger partial charge on any atom is -0.494 e. The van der Waals surface area contributed by atoms with Crippen LogP contribution in [0.15, 0.2) is 53.0 Å². The van der Waals surface area contributed by atoms with Crippen LogP contribution in [-0.4, -0.2) is 11.7 Å². The van der Waals surface area contributed by atoms with Crippen molar-refractivity contribution in [3.8, 4) is 5.75 Å². The van der Waals surface area contributed by atoms with Crippen molar-refractivity contribution < 1.29 is 9.84 Å². The highest BCUT2D eigenvalue weighted by Gasteiger charge is 2.08. The Hall–Kier alpha value is -1.32. The third-order valence-corrected chi connectivity index (χ3v) is 3.61. The molecular weight excluding hydrogens is 316 g/mol. The highest BCUT2D eigenvalue weighted by atomic mass is 79.9. The second kappa shape index (κ2) is 7.46. The summed E-state index contributed by atoms with van der Waals surface area (Å²) < 4.78 is 6.58. The van der Waals surface area contributed by atoms with Gasteiger partial charge in [-0.1, -0.05) is 47.1 Å². The Labute approximate surface area is 128 Å². The number of hydrogen-bond acceptors (Lipinski definition) is 2. The Morgan fingerprint density at radius 1 is 1.05 bits per heavy atom. The molecule has 0 aliphatic carbocycles. The van der Waals surface area contributed by atoms with E-state index in [-0.39, 0.29) is 0 Å². The van der Waals surface area contributed by atoms with Crippen molar-refractivity contribution in [1.29, 1.82) is 0 Å². The quantitative estimate of drug-likeness (QED) is 0.841. The molecular formula is C17H19BrO2. The zero-order chi connectivity index (χ0) is 14.4. The zero-order valence-electron chi connectivity index (χ0n) is 11.6. The minimum atomic E-state index is -0.489. The number of halogens is 1. The van der Waals surface area contributed by atoms with E-state index in [9.17, 15) is 5.11 Å². The van der Waals surface area contributed by atoms with Crippen molar-refractivity contribution >= 4 is 15.9 Å². The standard InChI is InChI=1S/C17H19BrO2/c1-2-11-20-16-9-5-14(6-10-16)17(19)12-13-3-7-15(18)8-4-13/h3-10,17,19H,2,11-12H2,1H3. The maximum Gasteiger partial charge on any atom is 0.119 e. The monoisotopic (exact) mass is 334 g/mol. The average Bonchev–Trinajstić information content (AvgIpc) is 2.48. The van der Waals surface area contributed by atoms with E-state index in [1.807, 2.05) is 48.5 Å². The van der Waals surface area contributed by atoms with E-state index in [0.29, 0.717) is 6.42 Å². The smallest absolute Gasteiger partial charge is 0.119 e. The first kappa shape index (κ1) is 15.1. The lowest BCUT2D eigenvalue weighted by atomic mass is 10.0. The zero-order valence-corrected chi connectivity index (χ0v) is 13.1. The van der Waals surface area contributed by atoms with Crippen molar-refractivity contribution in [3.63, 3.8) is 0 Å². The Morgan fingerprint density at radius 2 is 1.70 bits per heavy atom. The molecule has 2 aromatic carbocycles. The number of rotatable bonds is 6. The van der Waals surface area contributed by atoms with Crippen molar-refractivity contribution in [3.05, 3.63) is 64.1 Å². The maximum atomic E-state index is 10.3. The van der Waals surface area contributed by atoms with E-state index >= 15 is 0 Å². The maximum absolute atomic E-state index is 10.3. The van der Waals surface area contributed by atoms with Gasteiger partial charge >= 0.3 is 0 Å². The molecule has 0 bridgehead atoms. The summed E-state index contributed by atoms with van der Waals surface area (Å²) >= 11 is 3.41. The van der Waals surface area contributed by atoms with E-state index in [2.05, 4.69) is 22.9 Å². The third-order valence-electron chi connectivity index (χ3n) is 3.08. The van der Waals surface area contributed by atoms with Gasteiger partial charge in [-0.25, -0.2) is 0 Å². The number of aliphatic hydroxyl groups is 1. The van der Waals surface area contributed by atoms with Gasteiger partial charge in [0.15, 0.2) is 0 Å². The first-order valence-corrected chi connectivity index (χ1v) is 7.63. The molecule has 0 saturated carbocycles. The van der Waals surface area contributed by atoms with E-state index in [0.717, 1.165) is 34.4 Å². The Morgan fingerprint density at radius 3 is 2.30 bits per heavy atom. The molecule has 2 nitrogen and oxygen atoms in total. The normalized spacial score (nSPS) is 12.2. The summed E-state index contributed by atoms with van der Waals surface area (Å²) in [5.74, 6) is 0.853. The molecule has 0 aliphatic rings. The molecule has 106 valence electrons. The molecule has 20 heavy (non-hydrogen) atoms. The number of hydrogen-bond donors (Lipinski definition) is 1. The summed E-state index contributed by atoms with van der Waals surface area (Å²) in [6, 6.07) is 15.7. The molecule has 0 fully saturated rings. The minimum absolute atomic E-state index is 0.489. The fraction of sp³-hybridized carbons (Fsp3) is 0.294. The molecule has 0 spiro atoms. The van der Waals surface area contributed by atoms with Crippen molar-refractivity contribution in [2.75, 3.05) is 6.61 Å². The van der Waals surface area contributed by atoms with Crippen LogP contribution in [-0.2, 0) is 6.42 Å². The SMILES string of the molecule is CCCOc1ccc(C(O)Cc2ccc(Br)cc2)cc1. The molecule has 2 rings (SSSR count). The molecule has 0 aromatic heterocycles. The summed E-state index contributed by atoms with van der Waals surface area (Å²) in [7, 11) is 0. The van der Waals surface area contributed by atoms with Crippen molar-refractivity contribution in [2.45, 2.75) is 25.9 Å². The fourth-order valence-corrected chi connectivity index (χ4v) is 2.23. The third kappa shape index (κ3) is 4.36. The van der Waals surface area contributed by atoms with Crippen LogP contribution in [0.25, 0.3) is 0 Å². The van der Waals surface area contributed by atoms with Crippen LogP contribution < -0.4 is 4.74 Å². The first-order valence-electron chi connectivity index (χ1n) is 6.84. The summed E-state index contributed by atoms with van der Waals surface area (Å²) in [6.45, 7) is 2.80. The van der Waals surface area contributed by atoms with Gasteiger partial charge in [0.05, 0.1) is 12.7 Å². The van der Waals surface area contributed by atoms with Crippen LogP contribution in [0.2, 0.25) is 0 Å². The summed E-state index contributed by atoms with van der Waals surface area (Å²) in [5.41, 5.74) is 2.03. The molecule has 1 atom stereocenters. The van der Waals surface area contributed by atoms with E-state index in [4.69, 9.17) is 4.74 Å². The molecule has 1 unspecified atom stereocenters. The van der Waals surface area contributed by atoms with Crippen LogP contribution in [0, 0.1) is 0 Å². The van der Waals surface area contributed by atoms with Gasteiger partial charge in [0.25, 0.3) is 0 Å². The van der Waals surface area contributed by atoms with Gasteiger partial charge in [0.1, 0.15) is 5.75 Å². The number of benzene rings is 2. The van der Waals surface area contributed by atoms with Gasteiger partial charge in [-0.2, -0.15) is 0 Å². The highest BCUT2D eigenvalue weighted by Crippen LogP contribution is 2.22. The van der Waals surface area contributed by atoms with Crippen molar-refractivity contribution in [2.24, 2.45) is 0 Å². The van der Waals surface area contributed by atoms with Gasteiger partial charge in [-0.05, 0) is 41.8 Å². The lowest BCUT2D eigenvalue weighted by molar-refractivity contribution is 0.178. The predicted molar refractivity (Wildman–Crippen MR) is 85.0 cm³/mol. The highest BCUT2D eigenvalue weighted by molar-refractivity contribution is 9.10. The summed E-state index contributed by atoms with van der Waals surface area (Å²) in [5, 5.41) is 10.3. The summed E-state index contributed by atoms with van der Waals surface area (Å²) in [4.78, 5) is 0. The van der Waals surface area contributed by atoms with E-state index < -0.39 is 6.10 Å². The second-order valence-corrected chi connectivity index (χ2v) is 5.68. The lowest BCUT2D eigenvalue weighted by Gasteiger charge is -2.12. The van der Waals surface area contributed by atoms with Gasteiger partial charge in [-0.3, -0.25) is 0 Å². The lowest BCUT2D eigenvalue weighted by Crippen LogP contribution is -2.02. The van der Waals surface area contributed by atoms with Crippen molar-refractivity contribution in [1.82, 2.24) is 0 Å². The molecule has 0 aliphatic heterocycles. The molecule has 2 aromatic rings. The van der Waals surface area contributed by atoms with E-state index in [1.54, 1.807) is 0 Å². The Balaban J connectivity index is 1.98. The molecule has 3 heteroatoms. The van der Waals surface area contributed by atoms with E-state index in [1.165, 1.54) is 0 Å². The number of ether oxygens (including phenoxy) is 1. The predicted octanol–water partition coefficient (Wildman–Crippen LogP) is 4.51. The summed E-state index contributed by atoms with van der Waals surface area (Å²) in [6.07, 6.45) is 1.12. The van der Waals surface area contributed by atoms with Crippen LogP contribution in [0.5, 0.6) is 5.75 Å². The molecule has 0 saturated heterocycles. The number of aliphatic hydroxyl groups excluding tert-OH is 1. The van der Waals surface area contributed by atoms with Gasteiger partial charge in [0.2, 0.25) is 0 Å². The molecule has 1 N–H and O–H groups in total. The molecule has 0 amide bonds. The van der Waals surface area contributed by atoms with Crippen LogP contribution >= 0.6 is 15.9 Å². The largest absolute Gasteiger partial charge is 0.494 e.